The first-order chi connectivity index (χ1) is 13.7. The molecular formula is C25H25N3. The van der Waals surface area contributed by atoms with Crippen LogP contribution in [0.3, 0.4) is 0 Å². The van der Waals surface area contributed by atoms with Crippen LogP contribution in [0.1, 0.15) is 20.3 Å². The fraction of sp³-hybridized carbons (Fsp3) is 0.200. The highest BCUT2D eigenvalue weighted by atomic mass is 15.0. The summed E-state index contributed by atoms with van der Waals surface area (Å²) in [6, 6.07) is 25.6. The highest BCUT2D eigenvalue weighted by molar-refractivity contribution is 5.92. The van der Waals surface area contributed by atoms with Crippen LogP contribution in [0.2, 0.25) is 0 Å². The first-order valence-electron chi connectivity index (χ1n) is 9.85. The zero-order valence-electron chi connectivity index (χ0n) is 16.4. The van der Waals surface area contributed by atoms with Gasteiger partial charge in [0.25, 0.3) is 0 Å². The number of hydrogen-bond donors (Lipinski definition) is 1. The van der Waals surface area contributed by atoms with Gasteiger partial charge in [-0.1, -0.05) is 74.5 Å². The van der Waals surface area contributed by atoms with Gasteiger partial charge in [0.1, 0.15) is 12.1 Å². The van der Waals surface area contributed by atoms with E-state index in [1.165, 1.54) is 22.3 Å². The molecular weight excluding hydrogens is 342 g/mol. The molecule has 0 aliphatic heterocycles. The molecule has 3 aromatic carbocycles. The highest BCUT2D eigenvalue weighted by Crippen LogP contribution is 2.29. The van der Waals surface area contributed by atoms with Crippen molar-refractivity contribution in [2.24, 2.45) is 5.92 Å². The molecule has 0 aliphatic carbocycles. The Balaban J connectivity index is 1.63. The van der Waals surface area contributed by atoms with Crippen molar-refractivity contribution < 1.29 is 0 Å². The summed E-state index contributed by atoms with van der Waals surface area (Å²) in [6.45, 7) is 5.38. The first kappa shape index (κ1) is 18.2. The van der Waals surface area contributed by atoms with Gasteiger partial charge in [0, 0.05) is 11.9 Å². The van der Waals surface area contributed by atoms with Gasteiger partial charge in [0.15, 0.2) is 0 Å². The van der Waals surface area contributed by atoms with Gasteiger partial charge in [-0.15, -0.1) is 0 Å². The SMILES string of the molecule is CC(C)CCNc1ncnc2ccc(-c3ccc(-c4ccccc4)cc3)cc12. The van der Waals surface area contributed by atoms with E-state index < -0.39 is 0 Å². The van der Waals surface area contributed by atoms with Crippen molar-refractivity contribution in [3.05, 3.63) is 79.1 Å². The van der Waals surface area contributed by atoms with Gasteiger partial charge in [0.05, 0.1) is 5.52 Å². The van der Waals surface area contributed by atoms with Crippen LogP contribution in [0, 0.1) is 5.92 Å². The molecule has 0 unspecified atom stereocenters. The van der Waals surface area contributed by atoms with Crippen LogP contribution in [0.4, 0.5) is 5.82 Å². The number of benzene rings is 3. The van der Waals surface area contributed by atoms with Crippen LogP contribution in [0.25, 0.3) is 33.2 Å². The zero-order chi connectivity index (χ0) is 19.3. The summed E-state index contributed by atoms with van der Waals surface area (Å²) in [7, 11) is 0. The van der Waals surface area contributed by atoms with Crippen LogP contribution in [-0.4, -0.2) is 16.5 Å². The second-order valence-electron chi connectivity index (χ2n) is 7.51. The topological polar surface area (TPSA) is 37.8 Å². The number of nitrogens with zero attached hydrogens (tertiary/aromatic N) is 2. The average molecular weight is 367 g/mol. The summed E-state index contributed by atoms with van der Waals surface area (Å²) in [5, 5.41) is 4.54. The van der Waals surface area contributed by atoms with Crippen LogP contribution in [0.15, 0.2) is 79.1 Å². The van der Waals surface area contributed by atoms with E-state index in [1.807, 2.05) is 6.07 Å². The molecule has 0 aliphatic rings. The van der Waals surface area contributed by atoms with Crippen molar-refractivity contribution in [1.29, 1.82) is 0 Å². The quantitative estimate of drug-likeness (QED) is 0.427. The number of nitrogens with one attached hydrogen (secondary N) is 1. The molecule has 3 heteroatoms. The minimum Gasteiger partial charge on any atom is -0.369 e. The largest absolute Gasteiger partial charge is 0.369 e. The van der Waals surface area contributed by atoms with Gasteiger partial charge in [-0.3, -0.25) is 0 Å². The predicted molar refractivity (Wildman–Crippen MR) is 118 cm³/mol. The Labute approximate surface area is 166 Å². The standard InChI is InChI=1S/C25H25N3/c1-18(2)14-15-26-25-23-16-22(12-13-24(23)27-17-28-25)21-10-8-20(9-11-21)19-6-4-3-5-7-19/h3-13,16-18H,14-15H2,1-2H3,(H,26,27,28). The fourth-order valence-corrected chi connectivity index (χ4v) is 3.34. The second-order valence-corrected chi connectivity index (χ2v) is 7.51. The molecule has 1 N–H and O–H groups in total. The zero-order valence-corrected chi connectivity index (χ0v) is 16.4. The molecule has 0 spiro atoms. The molecule has 1 heterocycles. The molecule has 28 heavy (non-hydrogen) atoms. The van der Waals surface area contributed by atoms with E-state index >= 15 is 0 Å². The fourth-order valence-electron chi connectivity index (χ4n) is 3.34. The van der Waals surface area contributed by atoms with E-state index in [0.29, 0.717) is 5.92 Å². The molecule has 1 aromatic heterocycles. The number of anilines is 1. The van der Waals surface area contributed by atoms with Gasteiger partial charge in [-0.25, -0.2) is 9.97 Å². The van der Waals surface area contributed by atoms with Crippen LogP contribution >= 0.6 is 0 Å². The van der Waals surface area contributed by atoms with Crippen molar-refractivity contribution in [2.45, 2.75) is 20.3 Å². The van der Waals surface area contributed by atoms with Crippen molar-refractivity contribution in [1.82, 2.24) is 9.97 Å². The van der Waals surface area contributed by atoms with Gasteiger partial charge < -0.3 is 5.32 Å². The van der Waals surface area contributed by atoms with Crippen molar-refractivity contribution >= 4 is 16.7 Å². The third kappa shape index (κ3) is 4.04. The number of aromatic nitrogens is 2. The molecule has 0 amide bonds. The van der Waals surface area contributed by atoms with Gasteiger partial charge >= 0.3 is 0 Å². The maximum absolute atomic E-state index is 4.47. The maximum Gasteiger partial charge on any atom is 0.137 e. The second kappa shape index (κ2) is 8.22. The maximum atomic E-state index is 4.47. The lowest BCUT2D eigenvalue weighted by Crippen LogP contribution is -2.06. The van der Waals surface area contributed by atoms with E-state index in [1.54, 1.807) is 6.33 Å². The Kier molecular flexibility index (Phi) is 5.34. The summed E-state index contributed by atoms with van der Waals surface area (Å²) in [4.78, 5) is 8.89. The van der Waals surface area contributed by atoms with E-state index in [2.05, 4.69) is 95.9 Å². The van der Waals surface area contributed by atoms with Crippen LogP contribution in [0.5, 0.6) is 0 Å². The third-order valence-electron chi connectivity index (χ3n) is 4.97. The Hall–Kier alpha value is -3.20. The lowest BCUT2D eigenvalue weighted by molar-refractivity contribution is 0.607. The molecule has 3 nitrogen and oxygen atoms in total. The molecule has 0 radical (unpaired) electrons. The molecule has 0 fully saturated rings. The summed E-state index contributed by atoms with van der Waals surface area (Å²) in [6.07, 6.45) is 2.75. The molecule has 0 bridgehead atoms. The third-order valence-corrected chi connectivity index (χ3v) is 4.97. The van der Waals surface area contributed by atoms with Crippen LogP contribution < -0.4 is 5.32 Å². The van der Waals surface area contributed by atoms with Gasteiger partial charge in [0.2, 0.25) is 0 Å². The highest BCUT2D eigenvalue weighted by Gasteiger charge is 2.07. The van der Waals surface area contributed by atoms with Crippen LogP contribution in [-0.2, 0) is 0 Å². The lowest BCUT2D eigenvalue weighted by Gasteiger charge is -2.11. The molecule has 0 saturated carbocycles. The normalized spacial score (nSPS) is 11.1. The Morgan fingerprint density at radius 3 is 2.11 bits per heavy atom. The minimum absolute atomic E-state index is 0.666. The number of hydrogen-bond acceptors (Lipinski definition) is 3. The first-order valence-corrected chi connectivity index (χ1v) is 9.85. The Bertz CT molecular complexity index is 1050. The van der Waals surface area contributed by atoms with E-state index in [9.17, 15) is 0 Å². The minimum atomic E-state index is 0.666. The molecule has 0 atom stereocenters. The molecule has 0 saturated heterocycles. The van der Waals surface area contributed by atoms with E-state index in [-0.39, 0.29) is 0 Å². The van der Waals surface area contributed by atoms with E-state index in [0.717, 1.165) is 29.7 Å². The summed E-state index contributed by atoms with van der Waals surface area (Å²) >= 11 is 0. The van der Waals surface area contributed by atoms with Crippen molar-refractivity contribution in [2.75, 3.05) is 11.9 Å². The van der Waals surface area contributed by atoms with Gasteiger partial charge in [-0.05, 0) is 46.7 Å². The number of fused-ring (bicyclic) bond motifs is 1. The summed E-state index contributed by atoms with van der Waals surface area (Å²) in [5.74, 6) is 1.58. The smallest absolute Gasteiger partial charge is 0.137 e. The molecule has 4 rings (SSSR count). The lowest BCUT2D eigenvalue weighted by atomic mass is 9.99. The van der Waals surface area contributed by atoms with Gasteiger partial charge in [-0.2, -0.15) is 0 Å². The Morgan fingerprint density at radius 1 is 0.750 bits per heavy atom. The Morgan fingerprint density at radius 2 is 1.39 bits per heavy atom. The monoisotopic (exact) mass is 367 g/mol. The van der Waals surface area contributed by atoms with Crippen molar-refractivity contribution in [3.8, 4) is 22.3 Å². The summed E-state index contributed by atoms with van der Waals surface area (Å²) in [5.41, 5.74) is 5.79. The molecule has 140 valence electrons. The number of rotatable bonds is 6. The molecule has 4 aromatic rings. The summed E-state index contributed by atoms with van der Waals surface area (Å²) < 4.78 is 0. The average Bonchev–Trinajstić information content (AvgIpc) is 2.74. The van der Waals surface area contributed by atoms with E-state index in [4.69, 9.17) is 0 Å². The predicted octanol–water partition coefficient (Wildman–Crippen LogP) is 6.42. The van der Waals surface area contributed by atoms with Crippen molar-refractivity contribution in [3.63, 3.8) is 0 Å².